The van der Waals surface area contributed by atoms with Crippen molar-refractivity contribution in [1.82, 2.24) is 0 Å². The highest BCUT2D eigenvalue weighted by atomic mass is 14.2. The Morgan fingerprint density at radius 3 is 2.00 bits per heavy atom. The van der Waals surface area contributed by atoms with Crippen molar-refractivity contribution in [2.45, 2.75) is 47.0 Å². The van der Waals surface area contributed by atoms with Crippen LogP contribution in [0.4, 0.5) is 0 Å². The molecule has 0 heteroatoms. The minimum atomic E-state index is 0.802. The van der Waals surface area contributed by atoms with Gasteiger partial charge >= 0.3 is 0 Å². The van der Waals surface area contributed by atoms with Crippen LogP contribution in [0.15, 0.2) is 30.3 Å². The Kier molecular flexibility index (Phi) is 5.59. The minimum absolute atomic E-state index is 0.802. The maximum absolute atomic E-state index is 2.39. The lowest BCUT2D eigenvalue weighted by atomic mass is 9.87. The van der Waals surface area contributed by atoms with E-state index in [9.17, 15) is 0 Å². The van der Waals surface area contributed by atoms with Crippen LogP contribution in [0.5, 0.6) is 0 Å². The van der Waals surface area contributed by atoms with Crippen LogP contribution in [0, 0.1) is 17.8 Å². The van der Waals surface area contributed by atoms with Gasteiger partial charge in [0.05, 0.1) is 0 Å². The molecule has 0 saturated carbocycles. The standard InChI is InChI=1S/C16H26/c1-13(2)10-14(3)11-15(4)12-16-8-6-5-7-9-16/h5-9,13-15H,10-12H2,1-4H3. The summed E-state index contributed by atoms with van der Waals surface area (Å²) in [5.74, 6) is 2.49. The first-order valence-electron chi connectivity index (χ1n) is 6.61. The molecule has 2 unspecified atom stereocenters. The van der Waals surface area contributed by atoms with Gasteiger partial charge in [0, 0.05) is 0 Å². The molecule has 90 valence electrons. The van der Waals surface area contributed by atoms with E-state index in [4.69, 9.17) is 0 Å². The average molecular weight is 218 g/mol. The Labute approximate surface area is 101 Å². The molecule has 1 aromatic rings. The average Bonchev–Trinajstić information content (AvgIpc) is 2.17. The molecule has 0 nitrogen and oxygen atoms in total. The second-order valence-corrected chi connectivity index (χ2v) is 5.77. The number of benzene rings is 1. The predicted molar refractivity (Wildman–Crippen MR) is 72.5 cm³/mol. The lowest BCUT2D eigenvalue weighted by molar-refractivity contribution is 0.354. The highest BCUT2D eigenvalue weighted by molar-refractivity contribution is 5.15. The Balaban J connectivity index is 2.33. The third kappa shape index (κ3) is 5.34. The van der Waals surface area contributed by atoms with E-state index in [-0.39, 0.29) is 0 Å². The summed E-state index contributed by atoms with van der Waals surface area (Å²) >= 11 is 0. The first kappa shape index (κ1) is 13.3. The molecular weight excluding hydrogens is 192 g/mol. The van der Waals surface area contributed by atoms with Crippen molar-refractivity contribution in [3.05, 3.63) is 35.9 Å². The molecule has 0 N–H and O–H groups in total. The zero-order chi connectivity index (χ0) is 12.0. The Bertz CT molecular complexity index is 273. The fourth-order valence-electron chi connectivity index (χ4n) is 2.69. The lowest BCUT2D eigenvalue weighted by Crippen LogP contribution is -2.08. The van der Waals surface area contributed by atoms with Gasteiger partial charge in [-0.2, -0.15) is 0 Å². The van der Waals surface area contributed by atoms with Crippen molar-refractivity contribution in [2.24, 2.45) is 17.8 Å². The molecule has 0 bridgehead atoms. The summed E-state index contributed by atoms with van der Waals surface area (Å²) in [5.41, 5.74) is 1.48. The van der Waals surface area contributed by atoms with Gasteiger partial charge in [-0.1, -0.05) is 58.0 Å². The summed E-state index contributed by atoms with van der Waals surface area (Å²) in [6, 6.07) is 10.8. The number of rotatable bonds is 6. The van der Waals surface area contributed by atoms with Crippen LogP contribution in [0.2, 0.25) is 0 Å². The first-order valence-corrected chi connectivity index (χ1v) is 6.61. The van der Waals surface area contributed by atoms with E-state index >= 15 is 0 Å². The molecule has 0 aliphatic heterocycles. The van der Waals surface area contributed by atoms with Crippen LogP contribution in [0.3, 0.4) is 0 Å². The SMILES string of the molecule is CC(C)CC(C)CC(C)Cc1ccccc1. The molecular formula is C16H26. The molecule has 0 spiro atoms. The third-order valence-electron chi connectivity index (χ3n) is 3.11. The van der Waals surface area contributed by atoms with Gasteiger partial charge in [-0.3, -0.25) is 0 Å². The van der Waals surface area contributed by atoms with E-state index in [0.29, 0.717) is 0 Å². The molecule has 0 heterocycles. The topological polar surface area (TPSA) is 0 Å². The predicted octanol–water partition coefficient (Wildman–Crippen LogP) is 4.94. The van der Waals surface area contributed by atoms with Gasteiger partial charge in [-0.25, -0.2) is 0 Å². The summed E-state index contributed by atoms with van der Waals surface area (Å²) in [6.07, 6.45) is 3.94. The molecule has 16 heavy (non-hydrogen) atoms. The maximum atomic E-state index is 2.39. The van der Waals surface area contributed by atoms with Crippen LogP contribution in [0.25, 0.3) is 0 Å². The molecule has 1 aromatic carbocycles. The Hall–Kier alpha value is -0.780. The van der Waals surface area contributed by atoms with Crippen LogP contribution in [0.1, 0.15) is 46.1 Å². The molecule has 0 aromatic heterocycles. The van der Waals surface area contributed by atoms with Crippen molar-refractivity contribution in [1.29, 1.82) is 0 Å². The number of hydrogen-bond acceptors (Lipinski definition) is 0. The van der Waals surface area contributed by atoms with E-state index < -0.39 is 0 Å². The maximum Gasteiger partial charge on any atom is -0.0253 e. The monoisotopic (exact) mass is 218 g/mol. The van der Waals surface area contributed by atoms with Gasteiger partial charge in [0.1, 0.15) is 0 Å². The van der Waals surface area contributed by atoms with Gasteiger partial charge in [-0.15, -0.1) is 0 Å². The van der Waals surface area contributed by atoms with Crippen molar-refractivity contribution >= 4 is 0 Å². The molecule has 2 atom stereocenters. The first-order chi connectivity index (χ1) is 7.58. The van der Waals surface area contributed by atoms with E-state index in [1.54, 1.807) is 0 Å². The molecule has 0 aliphatic carbocycles. The molecule has 0 amide bonds. The van der Waals surface area contributed by atoms with Crippen molar-refractivity contribution < 1.29 is 0 Å². The molecule has 0 saturated heterocycles. The molecule has 0 aliphatic rings. The summed E-state index contributed by atoms with van der Waals surface area (Å²) in [5, 5.41) is 0. The smallest absolute Gasteiger partial charge is 0.0253 e. The minimum Gasteiger partial charge on any atom is -0.0628 e. The van der Waals surface area contributed by atoms with E-state index in [0.717, 1.165) is 17.8 Å². The second kappa shape index (κ2) is 6.73. The second-order valence-electron chi connectivity index (χ2n) is 5.77. The molecule has 0 fully saturated rings. The largest absolute Gasteiger partial charge is 0.0628 e. The van der Waals surface area contributed by atoms with Crippen LogP contribution >= 0.6 is 0 Å². The van der Waals surface area contributed by atoms with Gasteiger partial charge in [0.25, 0.3) is 0 Å². The summed E-state index contributed by atoms with van der Waals surface area (Å²) in [4.78, 5) is 0. The zero-order valence-electron chi connectivity index (χ0n) is 11.2. The number of hydrogen-bond donors (Lipinski definition) is 0. The van der Waals surface area contributed by atoms with Crippen molar-refractivity contribution in [3.63, 3.8) is 0 Å². The van der Waals surface area contributed by atoms with Crippen LogP contribution in [-0.4, -0.2) is 0 Å². The van der Waals surface area contributed by atoms with Gasteiger partial charge < -0.3 is 0 Å². The summed E-state index contributed by atoms with van der Waals surface area (Å²) in [6.45, 7) is 9.40. The summed E-state index contributed by atoms with van der Waals surface area (Å²) in [7, 11) is 0. The fourth-order valence-corrected chi connectivity index (χ4v) is 2.69. The Morgan fingerprint density at radius 2 is 1.44 bits per heavy atom. The fraction of sp³-hybridized carbons (Fsp3) is 0.625. The normalized spacial score (nSPS) is 15.1. The molecule has 1 rings (SSSR count). The van der Waals surface area contributed by atoms with Crippen LogP contribution in [-0.2, 0) is 6.42 Å². The quantitative estimate of drug-likeness (QED) is 0.634. The highest BCUT2D eigenvalue weighted by Gasteiger charge is 2.10. The van der Waals surface area contributed by atoms with E-state index in [1.807, 2.05) is 0 Å². The van der Waals surface area contributed by atoms with Gasteiger partial charge in [0.15, 0.2) is 0 Å². The van der Waals surface area contributed by atoms with Crippen LogP contribution < -0.4 is 0 Å². The summed E-state index contributed by atoms with van der Waals surface area (Å²) < 4.78 is 0. The lowest BCUT2D eigenvalue weighted by Gasteiger charge is -2.18. The third-order valence-corrected chi connectivity index (χ3v) is 3.11. The van der Waals surface area contributed by atoms with Gasteiger partial charge in [-0.05, 0) is 42.6 Å². The van der Waals surface area contributed by atoms with Gasteiger partial charge in [0.2, 0.25) is 0 Å². The van der Waals surface area contributed by atoms with Crippen molar-refractivity contribution in [2.75, 3.05) is 0 Å². The highest BCUT2D eigenvalue weighted by Crippen LogP contribution is 2.21. The van der Waals surface area contributed by atoms with E-state index in [2.05, 4.69) is 58.0 Å². The Morgan fingerprint density at radius 1 is 0.812 bits per heavy atom. The zero-order valence-corrected chi connectivity index (χ0v) is 11.2. The van der Waals surface area contributed by atoms with Crippen molar-refractivity contribution in [3.8, 4) is 0 Å². The molecule has 0 radical (unpaired) electrons. The van der Waals surface area contributed by atoms with E-state index in [1.165, 1.54) is 24.8 Å².